The van der Waals surface area contributed by atoms with Crippen molar-refractivity contribution in [3.63, 3.8) is 0 Å². The summed E-state index contributed by atoms with van der Waals surface area (Å²) in [5.74, 6) is -1.49. The summed E-state index contributed by atoms with van der Waals surface area (Å²) in [6.07, 6.45) is 2.71. The highest BCUT2D eigenvalue weighted by molar-refractivity contribution is 7.89. The maximum atomic E-state index is 13.0. The van der Waals surface area contributed by atoms with Crippen LogP contribution in [0.3, 0.4) is 0 Å². The smallest absolute Gasteiger partial charge is 0.338 e. The number of piperidine rings is 1. The summed E-state index contributed by atoms with van der Waals surface area (Å²) in [4.78, 5) is 39.3. The highest BCUT2D eigenvalue weighted by Gasteiger charge is 2.31. The standard InChI is InChI=1S/C24H27N3O6S/c1-17-14-22(28)25-20-10-3-4-11-21(20)27(17)23(29)16-33-24(30)18-8-7-9-19(15-18)34(31,32)26-12-5-2-6-13-26/h3-4,7-11,15,17H,2,5-6,12-14,16H2,1H3,(H,25,28). The summed E-state index contributed by atoms with van der Waals surface area (Å²) in [5, 5.41) is 2.77. The van der Waals surface area contributed by atoms with Crippen LogP contribution >= 0.6 is 0 Å². The molecule has 1 saturated heterocycles. The molecule has 1 fully saturated rings. The molecule has 2 aromatic carbocycles. The van der Waals surface area contributed by atoms with Crippen LogP contribution in [-0.2, 0) is 24.3 Å². The van der Waals surface area contributed by atoms with Crippen molar-refractivity contribution >= 4 is 39.2 Å². The Morgan fingerprint density at radius 1 is 1.06 bits per heavy atom. The highest BCUT2D eigenvalue weighted by atomic mass is 32.2. The van der Waals surface area contributed by atoms with E-state index in [2.05, 4.69) is 5.32 Å². The van der Waals surface area contributed by atoms with Gasteiger partial charge >= 0.3 is 5.97 Å². The molecule has 2 aliphatic rings. The first kappa shape index (κ1) is 23.9. The van der Waals surface area contributed by atoms with Crippen LogP contribution in [0.25, 0.3) is 0 Å². The van der Waals surface area contributed by atoms with Gasteiger partial charge in [-0.15, -0.1) is 0 Å². The summed E-state index contributed by atoms with van der Waals surface area (Å²) in [5.41, 5.74) is 1.08. The fourth-order valence-electron chi connectivity index (χ4n) is 4.29. The van der Waals surface area contributed by atoms with Gasteiger partial charge in [0.1, 0.15) is 0 Å². The van der Waals surface area contributed by atoms with Crippen molar-refractivity contribution in [1.29, 1.82) is 0 Å². The monoisotopic (exact) mass is 485 g/mol. The lowest BCUT2D eigenvalue weighted by Gasteiger charge is -2.27. The largest absolute Gasteiger partial charge is 0.452 e. The van der Waals surface area contributed by atoms with E-state index in [1.807, 2.05) is 0 Å². The van der Waals surface area contributed by atoms with Crippen molar-refractivity contribution in [1.82, 2.24) is 4.31 Å². The Bertz CT molecular complexity index is 1210. The minimum atomic E-state index is -3.70. The van der Waals surface area contributed by atoms with Crippen LogP contribution in [-0.4, -0.2) is 56.2 Å². The van der Waals surface area contributed by atoms with Gasteiger partial charge in [0, 0.05) is 25.6 Å². The van der Waals surface area contributed by atoms with Crippen LogP contribution in [0.5, 0.6) is 0 Å². The van der Waals surface area contributed by atoms with E-state index >= 15 is 0 Å². The van der Waals surface area contributed by atoms with Gasteiger partial charge in [0.2, 0.25) is 15.9 Å². The molecular weight excluding hydrogens is 458 g/mol. The number of nitrogens with zero attached hydrogens (tertiary/aromatic N) is 2. The molecule has 2 aromatic rings. The van der Waals surface area contributed by atoms with Gasteiger partial charge in [-0.25, -0.2) is 13.2 Å². The molecule has 4 rings (SSSR count). The van der Waals surface area contributed by atoms with E-state index in [9.17, 15) is 22.8 Å². The van der Waals surface area contributed by atoms with Crippen molar-refractivity contribution in [2.24, 2.45) is 0 Å². The van der Waals surface area contributed by atoms with Crippen LogP contribution in [0, 0.1) is 0 Å². The van der Waals surface area contributed by atoms with E-state index in [-0.39, 0.29) is 22.8 Å². The molecule has 1 atom stereocenters. The lowest BCUT2D eigenvalue weighted by molar-refractivity contribution is -0.122. The third-order valence-electron chi connectivity index (χ3n) is 5.98. The molecular formula is C24H27N3O6S. The number of hydrogen-bond donors (Lipinski definition) is 1. The zero-order chi connectivity index (χ0) is 24.3. The van der Waals surface area contributed by atoms with Crippen molar-refractivity contribution in [2.45, 2.75) is 43.5 Å². The Hall–Kier alpha value is -3.24. The number of ether oxygens (including phenoxy) is 1. The number of fused-ring (bicyclic) bond motifs is 1. The minimum absolute atomic E-state index is 0.0230. The zero-order valence-electron chi connectivity index (χ0n) is 18.9. The molecule has 0 radical (unpaired) electrons. The molecule has 1 N–H and O–H groups in total. The van der Waals surface area contributed by atoms with Gasteiger partial charge in [-0.2, -0.15) is 4.31 Å². The quantitative estimate of drug-likeness (QED) is 0.652. The number of benzene rings is 2. The SMILES string of the molecule is CC1CC(=O)Nc2ccccc2N1C(=O)COC(=O)c1cccc(S(=O)(=O)N2CCCCC2)c1. The second-order valence-corrected chi connectivity index (χ2v) is 10.4. The number of hydrogen-bond acceptors (Lipinski definition) is 6. The average Bonchev–Trinajstić information content (AvgIpc) is 2.97. The molecule has 0 saturated carbocycles. The molecule has 1 unspecified atom stereocenters. The van der Waals surface area contributed by atoms with E-state index in [1.54, 1.807) is 31.2 Å². The van der Waals surface area contributed by atoms with Crippen LogP contribution in [0.2, 0.25) is 0 Å². The van der Waals surface area contributed by atoms with Crippen LogP contribution in [0.4, 0.5) is 11.4 Å². The third kappa shape index (κ3) is 4.97. The molecule has 2 amide bonds. The first-order valence-corrected chi connectivity index (χ1v) is 12.7. The molecule has 10 heteroatoms. The number of nitrogens with one attached hydrogen (secondary N) is 1. The van der Waals surface area contributed by atoms with Gasteiger partial charge in [-0.1, -0.05) is 24.6 Å². The Morgan fingerprint density at radius 2 is 1.79 bits per heavy atom. The predicted molar refractivity (Wildman–Crippen MR) is 126 cm³/mol. The lowest BCUT2D eigenvalue weighted by atomic mass is 10.1. The molecule has 0 aliphatic carbocycles. The van der Waals surface area contributed by atoms with E-state index in [1.165, 1.54) is 33.5 Å². The second-order valence-electron chi connectivity index (χ2n) is 8.45. The predicted octanol–water partition coefficient (Wildman–Crippen LogP) is 2.78. The van der Waals surface area contributed by atoms with E-state index < -0.39 is 34.5 Å². The van der Waals surface area contributed by atoms with Gasteiger partial charge < -0.3 is 15.0 Å². The van der Waals surface area contributed by atoms with Gasteiger partial charge in [-0.05, 0) is 50.1 Å². The summed E-state index contributed by atoms with van der Waals surface area (Å²) in [7, 11) is -3.70. The van der Waals surface area contributed by atoms with Gasteiger partial charge in [0.15, 0.2) is 6.61 Å². The molecule has 34 heavy (non-hydrogen) atoms. The van der Waals surface area contributed by atoms with Crippen molar-refractivity contribution in [2.75, 3.05) is 29.9 Å². The minimum Gasteiger partial charge on any atom is -0.452 e. The number of esters is 1. The second kappa shape index (κ2) is 9.94. The summed E-state index contributed by atoms with van der Waals surface area (Å²) in [6.45, 7) is 2.11. The Kier molecular flexibility index (Phi) is 6.99. The molecule has 2 aliphatic heterocycles. The number of para-hydroxylation sites is 2. The number of carbonyl (C=O) groups is 3. The van der Waals surface area contributed by atoms with Gasteiger partial charge in [0.05, 0.1) is 21.8 Å². The Balaban J connectivity index is 1.47. The van der Waals surface area contributed by atoms with Crippen LogP contribution < -0.4 is 10.2 Å². The van der Waals surface area contributed by atoms with E-state index in [4.69, 9.17) is 4.74 Å². The van der Waals surface area contributed by atoms with Gasteiger partial charge in [0.25, 0.3) is 5.91 Å². The molecule has 0 bridgehead atoms. The number of sulfonamides is 1. The summed E-state index contributed by atoms with van der Waals surface area (Å²) in [6, 6.07) is 12.2. The third-order valence-corrected chi connectivity index (χ3v) is 7.87. The lowest BCUT2D eigenvalue weighted by Crippen LogP contribution is -2.41. The van der Waals surface area contributed by atoms with Crippen LogP contribution in [0.15, 0.2) is 53.4 Å². The maximum absolute atomic E-state index is 13.0. The van der Waals surface area contributed by atoms with E-state index in [0.29, 0.717) is 24.5 Å². The molecule has 0 spiro atoms. The van der Waals surface area contributed by atoms with E-state index in [0.717, 1.165) is 19.3 Å². The average molecular weight is 486 g/mol. The highest BCUT2D eigenvalue weighted by Crippen LogP contribution is 2.31. The van der Waals surface area contributed by atoms with Crippen molar-refractivity contribution in [3.05, 3.63) is 54.1 Å². The first-order chi connectivity index (χ1) is 16.3. The van der Waals surface area contributed by atoms with Crippen LogP contribution in [0.1, 0.15) is 43.0 Å². The molecule has 180 valence electrons. The Morgan fingerprint density at radius 3 is 2.56 bits per heavy atom. The fraction of sp³-hybridized carbons (Fsp3) is 0.375. The zero-order valence-corrected chi connectivity index (χ0v) is 19.7. The van der Waals surface area contributed by atoms with Gasteiger partial charge in [-0.3, -0.25) is 9.59 Å². The Labute approximate surface area is 198 Å². The number of amides is 2. The topological polar surface area (TPSA) is 113 Å². The number of rotatable bonds is 5. The molecule has 2 heterocycles. The summed E-state index contributed by atoms with van der Waals surface area (Å²) < 4.78 is 32.5. The number of carbonyl (C=O) groups excluding carboxylic acids is 3. The normalized spacial score (nSPS) is 19.0. The fourth-order valence-corrected chi connectivity index (χ4v) is 5.85. The molecule has 9 nitrogen and oxygen atoms in total. The number of anilines is 2. The maximum Gasteiger partial charge on any atom is 0.338 e. The van der Waals surface area contributed by atoms with Crippen molar-refractivity contribution < 1.29 is 27.5 Å². The first-order valence-electron chi connectivity index (χ1n) is 11.3. The summed E-state index contributed by atoms with van der Waals surface area (Å²) >= 11 is 0. The van der Waals surface area contributed by atoms with Crippen molar-refractivity contribution in [3.8, 4) is 0 Å². The molecule has 0 aromatic heterocycles.